The molecule has 3 aromatic rings. The summed E-state index contributed by atoms with van der Waals surface area (Å²) in [5.41, 5.74) is 2.93. The minimum absolute atomic E-state index is 0.697. The van der Waals surface area contributed by atoms with Crippen molar-refractivity contribution in [1.82, 2.24) is 9.88 Å². The molecule has 4 nitrogen and oxygen atoms in total. The van der Waals surface area contributed by atoms with Crippen LogP contribution >= 0.6 is 0 Å². The highest BCUT2D eigenvalue weighted by atomic mass is 16.5. The Morgan fingerprint density at radius 2 is 1.76 bits per heavy atom. The molecule has 0 unspecified atom stereocenters. The van der Waals surface area contributed by atoms with E-state index in [4.69, 9.17) is 9.15 Å². The molecule has 4 rings (SSSR count). The van der Waals surface area contributed by atoms with Gasteiger partial charge >= 0.3 is 0 Å². The van der Waals surface area contributed by atoms with Gasteiger partial charge in [0.2, 0.25) is 0 Å². The molecule has 25 heavy (non-hydrogen) atoms. The number of fused-ring (bicyclic) bond motifs is 1. The quantitative estimate of drug-likeness (QED) is 0.673. The summed E-state index contributed by atoms with van der Waals surface area (Å²) < 4.78 is 11.7. The number of benzene rings is 2. The highest BCUT2D eigenvalue weighted by Crippen LogP contribution is 2.19. The van der Waals surface area contributed by atoms with Crippen LogP contribution in [0.3, 0.4) is 0 Å². The molecule has 130 valence electrons. The number of ether oxygens (including phenoxy) is 1. The van der Waals surface area contributed by atoms with Gasteiger partial charge in [-0.25, -0.2) is 4.98 Å². The van der Waals surface area contributed by atoms with Crippen LogP contribution in [0, 0.1) is 0 Å². The lowest BCUT2D eigenvalue weighted by molar-refractivity contribution is 0.183. The molecule has 1 aliphatic heterocycles. The van der Waals surface area contributed by atoms with Gasteiger partial charge in [0.25, 0.3) is 0 Å². The van der Waals surface area contributed by atoms with Gasteiger partial charge in [-0.15, -0.1) is 0 Å². The van der Waals surface area contributed by atoms with Crippen LogP contribution in [-0.4, -0.2) is 36.1 Å². The van der Waals surface area contributed by atoms with E-state index in [1.807, 2.05) is 36.4 Å². The number of aromatic nitrogens is 1. The van der Waals surface area contributed by atoms with Crippen LogP contribution in [-0.2, 0) is 6.42 Å². The molecule has 0 bridgehead atoms. The van der Waals surface area contributed by atoms with Gasteiger partial charge in [0.05, 0.1) is 0 Å². The van der Waals surface area contributed by atoms with Crippen molar-refractivity contribution in [2.75, 3.05) is 26.2 Å². The number of rotatable bonds is 6. The maximum absolute atomic E-state index is 5.88. The molecule has 1 aliphatic rings. The third-order valence-electron chi connectivity index (χ3n) is 4.74. The first-order valence-corrected chi connectivity index (χ1v) is 9.15. The molecule has 0 radical (unpaired) electrons. The van der Waals surface area contributed by atoms with Crippen molar-refractivity contribution in [3.8, 4) is 5.75 Å². The van der Waals surface area contributed by atoms with Crippen molar-refractivity contribution in [3.05, 3.63) is 60.0 Å². The van der Waals surface area contributed by atoms with E-state index < -0.39 is 0 Å². The fraction of sp³-hybridized carbons (Fsp3) is 0.381. The summed E-state index contributed by atoms with van der Waals surface area (Å²) in [5.74, 6) is 1.68. The van der Waals surface area contributed by atoms with Crippen LogP contribution in [0.15, 0.2) is 52.9 Å². The van der Waals surface area contributed by atoms with Crippen molar-refractivity contribution >= 4 is 11.1 Å². The Labute approximate surface area is 148 Å². The van der Waals surface area contributed by atoms with E-state index in [-0.39, 0.29) is 0 Å². The zero-order chi connectivity index (χ0) is 16.9. The molecule has 0 spiro atoms. The van der Waals surface area contributed by atoms with Gasteiger partial charge in [0.1, 0.15) is 17.9 Å². The van der Waals surface area contributed by atoms with E-state index in [1.54, 1.807) is 0 Å². The third kappa shape index (κ3) is 4.20. The minimum atomic E-state index is 0.697. The maximum Gasteiger partial charge on any atom is 0.199 e. The van der Waals surface area contributed by atoms with Crippen LogP contribution in [0.2, 0.25) is 0 Å². The average Bonchev–Trinajstić information content (AvgIpc) is 3.06. The molecule has 0 amide bonds. The molecule has 1 fully saturated rings. The van der Waals surface area contributed by atoms with Gasteiger partial charge < -0.3 is 9.15 Å². The lowest BCUT2D eigenvalue weighted by Gasteiger charge is -2.26. The number of oxazole rings is 1. The predicted octanol–water partition coefficient (Wildman–Crippen LogP) is 4.28. The van der Waals surface area contributed by atoms with Crippen LogP contribution in [0.1, 0.15) is 30.7 Å². The molecule has 0 atom stereocenters. The largest absolute Gasteiger partial charge is 0.492 e. The molecule has 1 saturated heterocycles. The Morgan fingerprint density at radius 1 is 0.960 bits per heavy atom. The maximum atomic E-state index is 5.88. The predicted molar refractivity (Wildman–Crippen MR) is 99.0 cm³/mol. The van der Waals surface area contributed by atoms with E-state index in [0.29, 0.717) is 6.42 Å². The number of hydrogen-bond acceptors (Lipinski definition) is 4. The highest BCUT2D eigenvalue weighted by Gasteiger charge is 2.10. The molecule has 1 aromatic heterocycles. The van der Waals surface area contributed by atoms with Gasteiger partial charge in [-0.2, -0.15) is 0 Å². The monoisotopic (exact) mass is 336 g/mol. The number of nitrogens with zero attached hydrogens (tertiary/aromatic N) is 2. The zero-order valence-corrected chi connectivity index (χ0v) is 14.5. The second kappa shape index (κ2) is 7.70. The second-order valence-electron chi connectivity index (χ2n) is 6.65. The van der Waals surface area contributed by atoms with Crippen LogP contribution < -0.4 is 4.74 Å². The molecule has 0 saturated carbocycles. The summed E-state index contributed by atoms with van der Waals surface area (Å²) in [7, 11) is 0. The minimum Gasteiger partial charge on any atom is -0.492 e. The number of hydrogen-bond donors (Lipinski definition) is 0. The molecular formula is C21H24N2O2. The first-order chi connectivity index (χ1) is 12.4. The van der Waals surface area contributed by atoms with E-state index in [1.165, 1.54) is 37.9 Å². The van der Waals surface area contributed by atoms with Crippen molar-refractivity contribution in [3.63, 3.8) is 0 Å². The second-order valence-corrected chi connectivity index (χ2v) is 6.65. The first-order valence-electron chi connectivity index (χ1n) is 9.15. The summed E-state index contributed by atoms with van der Waals surface area (Å²) in [5, 5.41) is 0. The van der Waals surface area contributed by atoms with E-state index in [9.17, 15) is 0 Å². The smallest absolute Gasteiger partial charge is 0.199 e. The standard InChI is InChI=1S/C21H24N2O2/c1-4-12-23(13-5-1)14-15-24-18-10-8-17(9-11-18)16-21-22-19-6-2-3-7-20(19)25-21/h2-3,6-11H,1,4-5,12-16H2. The Kier molecular flexibility index (Phi) is 4.98. The summed E-state index contributed by atoms with van der Waals surface area (Å²) in [4.78, 5) is 7.02. The molecular weight excluding hydrogens is 312 g/mol. The Balaban J connectivity index is 1.30. The Morgan fingerprint density at radius 3 is 2.56 bits per heavy atom. The summed E-state index contributed by atoms with van der Waals surface area (Å²) in [6, 6.07) is 16.1. The zero-order valence-electron chi connectivity index (χ0n) is 14.5. The molecule has 2 aromatic carbocycles. The molecule has 0 N–H and O–H groups in total. The average molecular weight is 336 g/mol. The third-order valence-corrected chi connectivity index (χ3v) is 4.74. The summed E-state index contributed by atoms with van der Waals surface area (Å²) in [6.07, 6.45) is 4.72. The molecule has 0 aliphatic carbocycles. The fourth-order valence-electron chi connectivity index (χ4n) is 3.35. The number of para-hydroxylation sites is 2. The lowest BCUT2D eigenvalue weighted by atomic mass is 10.1. The highest BCUT2D eigenvalue weighted by molar-refractivity contribution is 5.72. The van der Waals surface area contributed by atoms with E-state index in [0.717, 1.165) is 35.9 Å². The Hall–Kier alpha value is -2.33. The van der Waals surface area contributed by atoms with Crippen LogP contribution in [0.5, 0.6) is 5.75 Å². The fourth-order valence-corrected chi connectivity index (χ4v) is 3.35. The van der Waals surface area contributed by atoms with E-state index in [2.05, 4.69) is 22.0 Å². The molecule has 4 heteroatoms. The number of likely N-dealkylation sites (tertiary alicyclic amines) is 1. The van der Waals surface area contributed by atoms with Crippen molar-refractivity contribution in [2.24, 2.45) is 0 Å². The molecule has 2 heterocycles. The Bertz CT molecular complexity index is 771. The van der Waals surface area contributed by atoms with Crippen molar-refractivity contribution in [1.29, 1.82) is 0 Å². The van der Waals surface area contributed by atoms with Gasteiger partial charge in [0, 0.05) is 13.0 Å². The van der Waals surface area contributed by atoms with Crippen molar-refractivity contribution < 1.29 is 9.15 Å². The lowest BCUT2D eigenvalue weighted by Crippen LogP contribution is -2.33. The van der Waals surface area contributed by atoms with Gasteiger partial charge in [-0.3, -0.25) is 4.90 Å². The van der Waals surface area contributed by atoms with E-state index >= 15 is 0 Å². The van der Waals surface area contributed by atoms with Crippen LogP contribution in [0.25, 0.3) is 11.1 Å². The van der Waals surface area contributed by atoms with Gasteiger partial charge in [-0.05, 0) is 55.8 Å². The normalized spacial score (nSPS) is 15.5. The SMILES string of the molecule is c1ccc2oc(Cc3ccc(OCCN4CCCCC4)cc3)nc2c1. The van der Waals surface area contributed by atoms with Crippen LogP contribution in [0.4, 0.5) is 0 Å². The van der Waals surface area contributed by atoms with Crippen molar-refractivity contribution in [2.45, 2.75) is 25.7 Å². The summed E-state index contributed by atoms with van der Waals surface area (Å²) in [6.45, 7) is 4.20. The van der Waals surface area contributed by atoms with Gasteiger partial charge in [-0.1, -0.05) is 30.7 Å². The summed E-state index contributed by atoms with van der Waals surface area (Å²) >= 11 is 0. The van der Waals surface area contributed by atoms with Gasteiger partial charge in [0.15, 0.2) is 11.5 Å². The topological polar surface area (TPSA) is 38.5 Å². The number of piperidine rings is 1. The first kappa shape index (κ1) is 16.2.